The molecule has 5 nitrogen and oxygen atoms in total. The fourth-order valence-electron chi connectivity index (χ4n) is 1.47. The zero-order valence-electron chi connectivity index (χ0n) is 11.6. The molecule has 5 heteroatoms. The number of carbonyl (C=O) groups is 1. The first-order valence-electron chi connectivity index (χ1n) is 6.38. The number of benzene rings is 1. The minimum absolute atomic E-state index is 0.0369. The number of rotatable bonds is 6. The van der Waals surface area contributed by atoms with E-state index in [2.05, 4.69) is 10.6 Å². The Morgan fingerprint density at radius 3 is 2.63 bits per heavy atom. The minimum Gasteiger partial charge on any atom is -0.394 e. The molecule has 19 heavy (non-hydrogen) atoms. The van der Waals surface area contributed by atoms with Crippen molar-refractivity contribution < 1.29 is 15.0 Å². The van der Waals surface area contributed by atoms with Crippen LogP contribution in [0.1, 0.15) is 19.4 Å². The van der Waals surface area contributed by atoms with Gasteiger partial charge in [0.15, 0.2) is 0 Å². The second kappa shape index (κ2) is 7.11. The summed E-state index contributed by atoms with van der Waals surface area (Å²) in [4.78, 5) is 11.6. The Hall–Kier alpha value is -1.59. The van der Waals surface area contributed by atoms with Crippen molar-refractivity contribution in [2.24, 2.45) is 5.92 Å². The summed E-state index contributed by atoms with van der Waals surface area (Å²) >= 11 is 0. The number of hydrogen-bond acceptors (Lipinski definition) is 4. The molecule has 0 aliphatic rings. The van der Waals surface area contributed by atoms with Crippen molar-refractivity contribution in [1.29, 1.82) is 0 Å². The van der Waals surface area contributed by atoms with Crippen LogP contribution in [0.3, 0.4) is 0 Å². The Balaban J connectivity index is 2.74. The first-order chi connectivity index (χ1) is 8.93. The van der Waals surface area contributed by atoms with Crippen LogP contribution in [0.25, 0.3) is 0 Å². The molecule has 0 spiro atoms. The van der Waals surface area contributed by atoms with Gasteiger partial charge in [0.25, 0.3) is 0 Å². The molecular weight excluding hydrogens is 244 g/mol. The van der Waals surface area contributed by atoms with Crippen LogP contribution in [0, 0.1) is 12.8 Å². The molecule has 0 heterocycles. The highest BCUT2D eigenvalue weighted by Gasteiger charge is 2.09. The Kier molecular flexibility index (Phi) is 5.79. The van der Waals surface area contributed by atoms with E-state index in [0.717, 1.165) is 11.3 Å². The lowest BCUT2D eigenvalue weighted by Crippen LogP contribution is -2.23. The summed E-state index contributed by atoms with van der Waals surface area (Å²) in [6.45, 7) is 5.58. The summed E-state index contributed by atoms with van der Waals surface area (Å²) in [7, 11) is 0. The van der Waals surface area contributed by atoms with Gasteiger partial charge in [-0.05, 0) is 24.6 Å². The molecule has 1 aromatic rings. The zero-order valence-corrected chi connectivity index (χ0v) is 11.6. The van der Waals surface area contributed by atoms with Gasteiger partial charge in [0, 0.05) is 23.8 Å². The van der Waals surface area contributed by atoms with Crippen LogP contribution in [0.5, 0.6) is 0 Å². The fourth-order valence-corrected chi connectivity index (χ4v) is 1.47. The van der Waals surface area contributed by atoms with Gasteiger partial charge < -0.3 is 20.8 Å². The molecule has 0 bridgehead atoms. The second-order valence-electron chi connectivity index (χ2n) is 4.89. The third kappa shape index (κ3) is 4.89. The van der Waals surface area contributed by atoms with Crippen molar-refractivity contribution in [3.05, 3.63) is 23.8 Å². The van der Waals surface area contributed by atoms with E-state index in [0.29, 0.717) is 5.69 Å². The van der Waals surface area contributed by atoms with E-state index in [4.69, 9.17) is 5.11 Å². The summed E-state index contributed by atoms with van der Waals surface area (Å²) in [6.07, 6.45) is -0.798. The van der Waals surface area contributed by atoms with Gasteiger partial charge >= 0.3 is 0 Å². The standard InChI is InChI=1S/C14H22N2O3/c1-9(2)14(19)16-11-5-4-10(3)13(6-11)15-7-12(18)8-17/h4-6,9,12,15,17-18H,7-8H2,1-3H3,(H,16,19). The summed E-state index contributed by atoms with van der Waals surface area (Å²) < 4.78 is 0. The van der Waals surface area contributed by atoms with Crippen molar-refractivity contribution in [1.82, 2.24) is 0 Å². The van der Waals surface area contributed by atoms with Gasteiger partial charge in [0.2, 0.25) is 5.91 Å². The fraction of sp³-hybridized carbons (Fsp3) is 0.500. The highest BCUT2D eigenvalue weighted by molar-refractivity contribution is 5.92. The normalized spacial score (nSPS) is 12.3. The number of aliphatic hydroxyl groups excluding tert-OH is 2. The van der Waals surface area contributed by atoms with Crippen molar-refractivity contribution in [2.75, 3.05) is 23.8 Å². The number of nitrogens with one attached hydrogen (secondary N) is 2. The highest BCUT2D eigenvalue weighted by atomic mass is 16.3. The number of aryl methyl sites for hydroxylation is 1. The van der Waals surface area contributed by atoms with E-state index in [9.17, 15) is 9.90 Å². The van der Waals surface area contributed by atoms with Crippen molar-refractivity contribution >= 4 is 17.3 Å². The maximum Gasteiger partial charge on any atom is 0.226 e. The quantitative estimate of drug-likeness (QED) is 0.626. The predicted molar refractivity (Wildman–Crippen MR) is 76.2 cm³/mol. The van der Waals surface area contributed by atoms with E-state index in [1.807, 2.05) is 39.0 Å². The van der Waals surface area contributed by atoms with Crippen LogP contribution in [0.4, 0.5) is 11.4 Å². The van der Waals surface area contributed by atoms with Crippen LogP contribution in [0.15, 0.2) is 18.2 Å². The van der Waals surface area contributed by atoms with Gasteiger partial charge in [-0.2, -0.15) is 0 Å². The average Bonchev–Trinajstić information content (AvgIpc) is 2.38. The van der Waals surface area contributed by atoms with E-state index in [1.165, 1.54) is 0 Å². The summed E-state index contributed by atoms with van der Waals surface area (Å²) in [5.74, 6) is -0.112. The monoisotopic (exact) mass is 266 g/mol. The maximum absolute atomic E-state index is 11.6. The Morgan fingerprint density at radius 1 is 1.37 bits per heavy atom. The Labute approximate surface area is 113 Å². The van der Waals surface area contributed by atoms with Crippen LogP contribution in [-0.4, -0.2) is 35.4 Å². The largest absolute Gasteiger partial charge is 0.394 e. The molecule has 0 saturated carbocycles. The van der Waals surface area contributed by atoms with E-state index >= 15 is 0 Å². The molecule has 106 valence electrons. The third-order valence-corrected chi connectivity index (χ3v) is 2.77. The summed E-state index contributed by atoms with van der Waals surface area (Å²) in [5.41, 5.74) is 2.55. The molecule has 0 aromatic heterocycles. The lowest BCUT2D eigenvalue weighted by atomic mass is 10.1. The summed E-state index contributed by atoms with van der Waals surface area (Å²) in [6, 6.07) is 5.55. The van der Waals surface area contributed by atoms with Crippen LogP contribution < -0.4 is 10.6 Å². The SMILES string of the molecule is Cc1ccc(NC(=O)C(C)C)cc1NCC(O)CO. The molecule has 1 aromatic carbocycles. The highest BCUT2D eigenvalue weighted by Crippen LogP contribution is 2.20. The molecule has 0 fully saturated rings. The van der Waals surface area contributed by atoms with Gasteiger partial charge in [-0.25, -0.2) is 0 Å². The molecule has 1 atom stereocenters. The molecule has 0 aliphatic carbocycles. The lowest BCUT2D eigenvalue weighted by Gasteiger charge is -2.15. The Morgan fingerprint density at radius 2 is 2.05 bits per heavy atom. The maximum atomic E-state index is 11.6. The molecule has 1 unspecified atom stereocenters. The molecule has 1 amide bonds. The first kappa shape index (κ1) is 15.5. The molecule has 0 saturated heterocycles. The van der Waals surface area contributed by atoms with E-state index in [1.54, 1.807) is 0 Å². The predicted octanol–water partition coefficient (Wildman–Crippen LogP) is 1.35. The van der Waals surface area contributed by atoms with Crippen LogP contribution in [-0.2, 0) is 4.79 Å². The van der Waals surface area contributed by atoms with E-state index < -0.39 is 6.10 Å². The van der Waals surface area contributed by atoms with Gasteiger partial charge in [-0.1, -0.05) is 19.9 Å². The topological polar surface area (TPSA) is 81.6 Å². The molecular formula is C14H22N2O3. The number of carbonyl (C=O) groups excluding carboxylic acids is 1. The Bertz CT molecular complexity index is 433. The van der Waals surface area contributed by atoms with Crippen molar-refractivity contribution in [3.8, 4) is 0 Å². The number of amides is 1. The molecule has 0 aliphatic heterocycles. The van der Waals surface area contributed by atoms with Gasteiger partial charge in [0.05, 0.1) is 12.7 Å². The van der Waals surface area contributed by atoms with Gasteiger partial charge in [-0.3, -0.25) is 4.79 Å². The van der Waals surface area contributed by atoms with Gasteiger partial charge in [0.1, 0.15) is 0 Å². The third-order valence-electron chi connectivity index (χ3n) is 2.77. The van der Waals surface area contributed by atoms with Crippen LogP contribution in [0.2, 0.25) is 0 Å². The molecule has 0 radical (unpaired) electrons. The average molecular weight is 266 g/mol. The number of hydrogen-bond donors (Lipinski definition) is 4. The second-order valence-corrected chi connectivity index (χ2v) is 4.89. The smallest absolute Gasteiger partial charge is 0.226 e. The van der Waals surface area contributed by atoms with E-state index in [-0.39, 0.29) is 25.0 Å². The number of aliphatic hydroxyl groups is 2. The molecule has 1 rings (SSSR count). The van der Waals surface area contributed by atoms with Crippen LogP contribution >= 0.6 is 0 Å². The first-order valence-corrected chi connectivity index (χ1v) is 6.38. The van der Waals surface area contributed by atoms with Crippen molar-refractivity contribution in [2.45, 2.75) is 26.9 Å². The summed E-state index contributed by atoms with van der Waals surface area (Å²) in [5, 5.41) is 24.0. The van der Waals surface area contributed by atoms with Gasteiger partial charge in [-0.15, -0.1) is 0 Å². The number of anilines is 2. The van der Waals surface area contributed by atoms with Crippen molar-refractivity contribution in [3.63, 3.8) is 0 Å². The lowest BCUT2D eigenvalue weighted by molar-refractivity contribution is -0.118. The minimum atomic E-state index is -0.798. The zero-order chi connectivity index (χ0) is 14.4. The molecule has 4 N–H and O–H groups in total.